The molecule has 1 saturated carbocycles. The number of nitro groups is 1. The number of carbonyl (C=O) groups excluding carboxylic acids is 2. The predicted octanol–water partition coefficient (Wildman–Crippen LogP) is 2.00. The van der Waals surface area contributed by atoms with E-state index in [1.54, 1.807) is 0 Å². The van der Waals surface area contributed by atoms with Gasteiger partial charge in [0.05, 0.1) is 16.5 Å². The van der Waals surface area contributed by atoms with E-state index in [1.165, 1.54) is 27.4 Å². The molecule has 34 heavy (non-hydrogen) atoms. The number of hydrogen-bond donors (Lipinski definition) is 1. The van der Waals surface area contributed by atoms with Crippen molar-refractivity contribution in [3.05, 3.63) is 34.4 Å². The fourth-order valence-electron chi connectivity index (χ4n) is 5.85. The Bertz CT molecular complexity index is 1110. The highest BCUT2D eigenvalue weighted by molar-refractivity contribution is 7.89. The second-order valence-corrected chi connectivity index (χ2v) is 12.5. The van der Waals surface area contributed by atoms with Crippen molar-refractivity contribution in [1.29, 1.82) is 0 Å². The molecule has 3 aliphatic rings. The molecule has 1 aromatic carbocycles. The van der Waals surface area contributed by atoms with Crippen LogP contribution in [0.2, 0.25) is 0 Å². The van der Waals surface area contributed by atoms with Gasteiger partial charge in [0.25, 0.3) is 11.6 Å². The highest BCUT2D eigenvalue weighted by Crippen LogP contribution is 2.46. The lowest BCUT2D eigenvalue weighted by molar-refractivity contribution is -0.385. The van der Waals surface area contributed by atoms with Crippen molar-refractivity contribution in [1.82, 2.24) is 19.4 Å². The lowest BCUT2D eigenvalue weighted by Gasteiger charge is -2.44. The number of sulfonamides is 1. The summed E-state index contributed by atoms with van der Waals surface area (Å²) in [5.74, 6) is 0.110. The standard InChI is InChI=1S/C22H31N5O6S/c1-16-12-21(2,3)14-22(13-16)19(28)26(20(29)23-22)15-24-7-9-25(10-8-24)34(32,33)18-6-4-5-17(11-18)27(30)31/h4-6,11,16H,7-10,12-15H2,1-3H3,(H,23,29). The molecule has 1 aromatic rings. The van der Waals surface area contributed by atoms with E-state index < -0.39 is 26.5 Å². The lowest BCUT2D eigenvalue weighted by atomic mass is 9.64. The fraction of sp³-hybridized carbons (Fsp3) is 0.636. The Hall–Kier alpha value is -2.57. The van der Waals surface area contributed by atoms with Crippen molar-refractivity contribution in [3.8, 4) is 0 Å². The van der Waals surface area contributed by atoms with Crippen LogP contribution in [0, 0.1) is 21.4 Å². The van der Waals surface area contributed by atoms with E-state index in [4.69, 9.17) is 0 Å². The van der Waals surface area contributed by atoms with Crippen LogP contribution in [0.4, 0.5) is 10.5 Å². The number of nitrogens with zero attached hydrogens (tertiary/aromatic N) is 4. The lowest BCUT2D eigenvalue weighted by Crippen LogP contribution is -2.55. The second-order valence-electron chi connectivity index (χ2n) is 10.5. The number of nitrogens with one attached hydrogen (secondary N) is 1. The smallest absolute Gasteiger partial charge is 0.323 e. The van der Waals surface area contributed by atoms with Gasteiger partial charge in [0.2, 0.25) is 10.0 Å². The van der Waals surface area contributed by atoms with Gasteiger partial charge >= 0.3 is 6.03 Å². The van der Waals surface area contributed by atoms with E-state index in [9.17, 15) is 28.1 Å². The van der Waals surface area contributed by atoms with Crippen LogP contribution >= 0.6 is 0 Å². The number of imide groups is 1. The van der Waals surface area contributed by atoms with Crippen LogP contribution in [0.3, 0.4) is 0 Å². The van der Waals surface area contributed by atoms with Gasteiger partial charge in [-0.05, 0) is 36.7 Å². The van der Waals surface area contributed by atoms with Gasteiger partial charge in [-0.3, -0.25) is 19.8 Å². The summed E-state index contributed by atoms with van der Waals surface area (Å²) in [6.07, 6.45) is 2.21. The minimum atomic E-state index is -3.89. The van der Waals surface area contributed by atoms with Crippen LogP contribution in [-0.4, -0.2) is 77.8 Å². The zero-order valence-electron chi connectivity index (χ0n) is 19.7. The molecule has 1 spiro atoms. The summed E-state index contributed by atoms with van der Waals surface area (Å²) in [5, 5.41) is 14.0. The van der Waals surface area contributed by atoms with Crippen LogP contribution in [0.15, 0.2) is 29.2 Å². The second kappa shape index (κ2) is 8.58. The number of amides is 3. The number of rotatable bonds is 5. The van der Waals surface area contributed by atoms with E-state index >= 15 is 0 Å². The van der Waals surface area contributed by atoms with E-state index in [1.807, 2.05) is 4.90 Å². The summed E-state index contributed by atoms with van der Waals surface area (Å²) in [6.45, 7) is 7.42. The quantitative estimate of drug-likeness (QED) is 0.377. The molecule has 0 radical (unpaired) electrons. The minimum Gasteiger partial charge on any atom is -0.323 e. The topological polar surface area (TPSA) is 133 Å². The maximum absolute atomic E-state index is 13.3. The number of non-ortho nitro benzene ring substituents is 1. The van der Waals surface area contributed by atoms with E-state index in [0.717, 1.165) is 12.5 Å². The third-order valence-electron chi connectivity index (χ3n) is 6.96. The Morgan fingerprint density at radius 1 is 1.15 bits per heavy atom. The molecule has 11 nitrogen and oxygen atoms in total. The molecule has 3 fully saturated rings. The van der Waals surface area contributed by atoms with Crippen molar-refractivity contribution < 1.29 is 22.9 Å². The molecule has 3 amide bonds. The minimum absolute atomic E-state index is 0.0525. The third-order valence-corrected chi connectivity index (χ3v) is 8.86. The summed E-state index contributed by atoms with van der Waals surface area (Å²) < 4.78 is 27.2. The SMILES string of the molecule is CC1CC(C)(C)CC2(C1)NC(=O)N(CN1CCN(S(=O)(=O)c3cccc([N+](=O)[O-])c3)CC1)C2=O. The van der Waals surface area contributed by atoms with Crippen molar-refractivity contribution in [2.75, 3.05) is 32.8 Å². The molecule has 2 saturated heterocycles. The van der Waals surface area contributed by atoms with Crippen LogP contribution in [0.5, 0.6) is 0 Å². The summed E-state index contributed by atoms with van der Waals surface area (Å²) in [6, 6.07) is 4.59. The number of nitro benzene ring substituents is 1. The highest BCUT2D eigenvalue weighted by atomic mass is 32.2. The Morgan fingerprint density at radius 3 is 2.44 bits per heavy atom. The van der Waals surface area contributed by atoms with Gasteiger partial charge in [0, 0.05) is 38.3 Å². The molecule has 2 unspecified atom stereocenters. The number of carbonyl (C=O) groups is 2. The van der Waals surface area contributed by atoms with Crippen LogP contribution in [-0.2, 0) is 14.8 Å². The van der Waals surface area contributed by atoms with E-state index in [2.05, 4.69) is 26.1 Å². The summed E-state index contributed by atoms with van der Waals surface area (Å²) in [7, 11) is -3.89. The summed E-state index contributed by atoms with van der Waals surface area (Å²) >= 11 is 0. The molecular weight excluding hydrogens is 462 g/mol. The highest BCUT2D eigenvalue weighted by Gasteiger charge is 2.56. The molecule has 2 heterocycles. The van der Waals surface area contributed by atoms with Crippen molar-refractivity contribution in [2.24, 2.45) is 11.3 Å². The van der Waals surface area contributed by atoms with Gasteiger partial charge < -0.3 is 5.32 Å². The van der Waals surface area contributed by atoms with Gasteiger partial charge in [0.1, 0.15) is 5.54 Å². The molecular formula is C22H31N5O6S. The first-order chi connectivity index (χ1) is 15.8. The van der Waals surface area contributed by atoms with Crippen molar-refractivity contribution in [3.63, 3.8) is 0 Å². The van der Waals surface area contributed by atoms with Crippen molar-refractivity contribution >= 4 is 27.6 Å². The Morgan fingerprint density at radius 2 is 1.82 bits per heavy atom. The van der Waals surface area contributed by atoms with Gasteiger partial charge in [-0.2, -0.15) is 4.31 Å². The maximum atomic E-state index is 13.3. The zero-order valence-corrected chi connectivity index (χ0v) is 20.5. The Labute approximate surface area is 199 Å². The van der Waals surface area contributed by atoms with Crippen LogP contribution in [0.1, 0.15) is 40.0 Å². The fourth-order valence-corrected chi connectivity index (χ4v) is 7.31. The largest absolute Gasteiger partial charge is 0.326 e. The zero-order chi connectivity index (χ0) is 24.9. The first kappa shape index (κ1) is 24.6. The van der Waals surface area contributed by atoms with E-state index in [-0.39, 0.29) is 41.7 Å². The molecule has 2 atom stereocenters. The average Bonchev–Trinajstić information content (AvgIpc) is 2.96. The summed E-state index contributed by atoms with van der Waals surface area (Å²) in [4.78, 5) is 39.5. The molecule has 4 rings (SSSR count). The van der Waals surface area contributed by atoms with Gasteiger partial charge in [-0.25, -0.2) is 18.1 Å². The van der Waals surface area contributed by atoms with Gasteiger partial charge in [0.15, 0.2) is 0 Å². The van der Waals surface area contributed by atoms with Crippen LogP contribution < -0.4 is 5.32 Å². The monoisotopic (exact) mass is 493 g/mol. The average molecular weight is 494 g/mol. The molecule has 0 aromatic heterocycles. The predicted molar refractivity (Wildman–Crippen MR) is 123 cm³/mol. The molecule has 2 aliphatic heterocycles. The normalized spacial score (nSPS) is 28.3. The molecule has 1 N–H and O–H groups in total. The number of urea groups is 1. The molecule has 186 valence electrons. The number of piperazine rings is 1. The number of hydrogen-bond acceptors (Lipinski definition) is 7. The van der Waals surface area contributed by atoms with Crippen molar-refractivity contribution in [2.45, 2.75) is 50.5 Å². The molecule has 0 bridgehead atoms. The maximum Gasteiger partial charge on any atom is 0.326 e. The Kier molecular flexibility index (Phi) is 6.19. The van der Waals surface area contributed by atoms with Gasteiger partial charge in [-0.15, -0.1) is 0 Å². The Balaban J connectivity index is 1.41. The first-order valence-corrected chi connectivity index (χ1v) is 12.9. The first-order valence-electron chi connectivity index (χ1n) is 11.4. The third kappa shape index (κ3) is 4.53. The molecule has 1 aliphatic carbocycles. The summed E-state index contributed by atoms with van der Waals surface area (Å²) in [5.41, 5.74) is -1.21. The number of benzene rings is 1. The van der Waals surface area contributed by atoms with Crippen LogP contribution in [0.25, 0.3) is 0 Å². The molecule has 12 heteroatoms. The van der Waals surface area contributed by atoms with E-state index in [0.29, 0.717) is 31.8 Å². The van der Waals surface area contributed by atoms with Gasteiger partial charge in [-0.1, -0.05) is 26.8 Å².